The zero-order chi connectivity index (χ0) is 13.9. The number of halogens is 1. The van der Waals surface area contributed by atoms with E-state index in [1.807, 2.05) is 22.6 Å². The van der Waals surface area contributed by atoms with E-state index in [9.17, 15) is 14.7 Å². The molecule has 1 aliphatic rings. The maximum absolute atomic E-state index is 11.0. The summed E-state index contributed by atoms with van der Waals surface area (Å²) in [5, 5.41) is 18.8. The van der Waals surface area contributed by atoms with Gasteiger partial charge in [-0.2, -0.15) is 0 Å². The molecule has 1 heterocycles. The SMILES string of the molecule is CC(=O)O[C@H]1[C@H](OC(C)=O)C(I)[C@@H](O)O[C@@H]1CO. The molecule has 0 radical (unpaired) electrons. The lowest BCUT2D eigenvalue weighted by Gasteiger charge is -2.41. The maximum Gasteiger partial charge on any atom is 0.303 e. The Balaban J connectivity index is 2.92. The lowest BCUT2D eigenvalue weighted by Crippen LogP contribution is -2.59. The number of rotatable bonds is 3. The summed E-state index contributed by atoms with van der Waals surface area (Å²) in [4.78, 5) is 22.1. The van der Waals surface area contributed by atoms with Crippen molar-refractivity contribution in [1.29, 1.82) is 0 Å². The molecule has 0 aromatic heterocycles. The van der Waals surface area contributed by atoms with Crippen LogP contribution in [0.4, 0.5) is 0 Å². The maximum atomic E-state index is 11.0. The zero-order valence-electron chi connectivity index (χ0n) is 9.91. The molecule has 0 spiro atoms. The normalized spacial score (nSPS) is 35.9. The fraction of sp³-hybridized carbons (Fsp3) is 0.800. The average molecular weight is 374 g/mol. The molecular formula is C10H15IO7. The molecule has 1 fully saturated rings. The van der Waals surface area contributed by atoms with Crippen molar-refractivity contribution in [1.82, 2.24) is 0 Å². The Morgan fingerprint density at radius 2 is 1.72 bits per heavy atom. The van der Waals surface area contributed by atoms with E-state index < -0.39 is 47.1 Å². The van der Waals surface area contributed by atoms with Crippen LogP contribution < -0.4 is 0 Å². The number of aliphatic hydroxyl groups excluding tert-OH is 2. The van der Waals surface area contributed by atoms with E-state index in [2.05, 4.69) is 0 Å². The van der Waals surface area contributed by atoms with Gasteiger partial charge in [0.05, 0.1) is 6.61 Å². The summed E-state index contributed by atoms with van der Waals surface area (Å²) in [6.07, 6.45) is -3.95. The Bertz CT molecular complexity index is 305. The largest absolute Gasteiger partial charge is 0.457 e. The van der Waals surface area contributed by atoms with Crippen molar-refractivity contribution in [3.63, 3.8) is 0 Å². The highest BCUT2D eigenvalue weighted by atomic mass is 127. The predicted molar refractivity (Wildman–Crippen MR) is 66.9 cm³/mol. The van der Waals surface area contributed by atoms with E-state index in [1.165, 1.54) is 13.8 Å². The zero-order valence-corrected chi connectivity index (χ0v) is 12.1. The van der Waals surface area contributed by atoms with Crippen LogP contribution in [0, 0.1) is 0 Å². The molecule has 0 bridgehead atoms. The Morgan fingerprint density at radius 3 is 2.17 bits per heavy atom. The topological polar surface area (TPSA) is 102 Å². The van der Waals surface area contributed by atoms with Gasteiger partial charge in [-0.25, -0.2) is 0 Å². The number of carbonyl (C=O) groups excluding carboxylic acids is 2. The number of alkyl halides is 1. The van der Waals surface area contributed by atoms with Gasteiger partial charge < -0.3 is 24.4 Å². The van der Waals surface area contributed by atoms with Gasteiger partial charge in [-0.3, -0.25) is 9.59 Å². The Labute approximate surface area is 118 Å². The third kappa shape index (κ3) is 3.77. The van der Waals surface area contributed by atoms with Crippen molar-refractivity contribution in [2.45, 2.75) is 42.4 Å². The number of aliphatic hydroxyl groups is 2. The summed E-state index contributed by atoms with van der Waals surface area (Å²) in [6.45, 7) is 1.95. The van der Waals surface area contributed by atoms with Gasteiger partial charge in [-0.05, 0) is 0 Å². The standard InChI is InChI=1S/C10H15IO7/c1-4(13)16-8-6(3-12)18-10(15)7(11)9(8)17-5(2)14/h6-10,12,15H,3H2,1-2H3/t6-,7?,8-,9-,10+/m1/s1. The molecule has 0 aromatic carbocycles. The van der Waals surface area contributed by atoms with E-state index >= 15 is 0 Å². The van der Waals surface area contributed by atoms with Crippen LogP contribution in [0.5, 0.6) is 0 Å². The highest BCUT2D eigenvalue weighted by molar-refractivity contribution is 14.1. The number of hydrogen-bond acceptors (Lipinski definition) is 7. The second-order valence-corrected chi connectivity index (χ2v) is 5.28. The summed E-state index contributed by atoms with van der Waals surface area (Å²) in [5.74, 6) is -1.15. The van der Waals surface area contributed by atoms with E-state index in [1.54, 1.807) is 0 Å². The van der Waals surface area contributed by atoms with Crippen LogP contribution >= 0.6 is 22.6 Å². The molecule has 5 atom stereocenters. The van der Waals surface area contributed by atoms with Gasteiger partial charge in [-0.15, -0.1) is 0 Å². The summed E-state index contributed by atoms with van der Waals surface area (Å²) in [5.41, 5.74) is 0. The van der Waals surface area contributed by atoms with Crippen molar-refractivity contribution in [3.8, 4) is 0 Å². The van der Waals surface area contributed by atoms with Crippen molar-refractivity contribution < 1.29 is 34.0 Å². The van der Waals surface area contributed by atoms with Gasteiger partial charge in [0.1, 0.15) is 10.0 Å². The third-order valence-corrected chi connectivity index (χ3v) is 3.70. The number of esters is 2. The minimum atomic E-state index is -1.21. The highest BCUT2D eigenvalue weighted by Crippen LogP contribution is 2.30. The van der Waals surface area contributed by atoms with Crippen molar-refractivity contribution in [2.24, 2.45) is 0 Å². The van der Waals surface area contributed by atoms with E-state index in [4.69, 9.17) is 19.3 Å². The monoisotopic (exact) mass is 374 g/mol. The van der Waals surface area contributed by atoms with Crippen LogP contribution in [0.2, 0.25) is 0 Å². The van der Waals surface area contributed by atoms with E-state index in [-0.39, 0.29) is 0 Å². The molecule has 8 heteroatoms. The quantitative estimate of drug-likeness (QED) is 0.385. The minimum absolute atomic E-state index is 0.462. The first-order chi connectivity index (χ1) is 8.36. The first-order valence-electron chi connectivity index (χ1n) is 5.29. The van der Waals surface area contributed by atoms with Crippen molar-refractivity contribution in [3.05, 3.63) is 0 Å². The van der Waals surface area contributed by atoms with Gasteiger partial charge in [0, 0.05) is 13.8 Å². The molecule has 0 aromatic rings. The second-order valence-electron chi connectivity index (χ2n) is 3.84. The van der Waals surface area contributed by atoms with Crippen molar-refractivity contribution in [2.75, 3.05) is 6.61 Å². The van der Waals surface area contributed by atoms with Gasteiger partial charge in [0.25, 0.3) is 0 Å². The summed E-state index contributed by atoms with van der Waals surface area (Å²) in [6, 6.07) is 0. The molecule has 7 nitrogen and oxygen atoms in total. The van der Waals surface area contributed by atoms with Crippen LogP contribution in [0.25, 0.3) is 0 Å². The molecule has 104 valence electrons. The Kier molecular flexibility index (Phi) is 5.76. The minimum Gasteiger partial charge on any atom is -0.457 e. The van der Waals surface area contributed by atoms with Crippen LogP contribution in [0.1, 0.15) is 13.8 Å². The highest BCUT2D eigenvalue weighted by Gasteiger charge is 2.48. The van der Waals surface area contributed by atoms with Gasteiger partial charge in [0.2, 0.25) is 0 Å². The van der Waals surface area contributed by atoms with Crippen LogP contribution in [-0.2, 0) is 23.8 Å². The second kappa shape index (κ2) is 6.64. The summed E-state index contributed by atoms with van der Waals surface area (Å²) in [7, 11) is 0. The lowest BCUT2D eigenvalue weighted by molar-refractivity contribution is -0.245. The average Bonchev–Trinajstić information content (AvgIpc) is 2.27. The molecule has 1 saturated heterocycles. The molecule has 0 amide bonds. The van der Waals surface area contributed by atoms with Gasteiger partial charge >= 0.3 is 11.9 Å². The van der Waals surface area contributed by atoms with Gasteiger partial charge in [0.15, 0.2) is 18.5 Å². The van der Waals surface area contributed by atoms with Crippen LogP contribution in [0.3, 0.4) is 0 Å². The third-order valence-electron chi connectivity index (χ3n) is 2.37. The van der Waals surface area contributed by atoms with Crippen LogP contribution in [0.15, 0.2) is 0 Å². The molecule has 0 saturated carbocycles. The molecule has 0 aliphatic carbocycles. The lowest BCUT2D eigenvalue weighted by atomic mass is 10.0. The van der Waals surface area contributed by atoms with Crippen molar-refractivity contribution >= 4 is 34.5 Å². The first-order valence-corrected chi connectivity index (χ1v) is 6.54. The molecular weight excluding hydrogens is 359 g/mol. The molecule has 1 rings (SSSR count). The molecule has 1 unspecified atom stereocenters. The molecule has 1 aliphatic heterocycles. The van der Waals surface area contributed by atoms with E-state index in [0.29, 0.717) is 0 Å². The fourth-order valence-electron chi connectivity index (χ4n) is 1.69. The smallest absolute Gasteiger partial charge is 0.303 e. The summed E-state index contributed by atoms with van der Waals surface area (Å²) < 4.78 is 14.6. The number of ether oxygens (including phenoxy) is 3. The fourth-order valence-corrected chi connectivity index (χ4v) is 2.42. The number of hydrogen-bond donors (Lipinski definition) is 2. The van der Waals surface area contributed by atoms with E-state index in [0.717, 1.165) is 0 Å². The molecule has 18 heavy (non-hydrogen) atoms. The van der Waals surface area contributed by atoms with Gasteiger partial charge in [-0.1, -0.05) is 22.6 Å². The number of carbonyl (C=O) groups is 2. The predicted octanol–water partition coefficient (Wildman–Crippen LogP) is -0.637. The summed E-state index contributed by atoms with van der Waals surface area (Å²) >= 11 is 1.84. The molecule has 2 N–H and O–H groups in total. The Morgan fingerprint density at radius 1 is 1.22 bits per heavy atom. The first kappa shape index (κ1) is 15.6. The van der Waals surface area contributed by atoms with Crippen LogP contribution in [-0.4, -0.2) is 57.3 Å². The Hall–Kier alpha value is -0.450.